The Morgan fingerprint density at radius 2 is 1.80 bits per heavy atom. The van der Waals surface area contributed by atoms with Gasteiger partial charge in [-0.15, -0.1) is 11.3 Å². The molecule has 5 rings (SSSR count). The summed E-state index contributed by atoms with van der Waals surface area (Å²) in [4.78, 5) is 21.9. The minimum absolute atomic E-state index is 0.296. The van der Waals surface area contributed by atoms with Crippen molar-refractivity contribution < 1.29 is 23.7 Å². The van der Waals surface area contributed by atoms with Crippen molar-refractivity contribution in [2.45, 2.75) is 13.0 Å². The summed E-state index contributed by atoms with van der Waals surface area (Å²) in [5.74, 6) is 1.53. The zero-order chi connectivity index (χ0) is 29.1. The van der Waals surface area contributed by atoms with Gasteiger partial charge in [-0.05, 0) is 20.0 Å². The number of piperazine rings is 1. The van der Waals surface area contributed by atoms with Gasteiger partial charge in [-0.3, -0.25) is 14.3 Å². The minimum atomic E-state index is -0.584. The number of methoxy groups -OCH3 is 2. The molecule has 0 spiro atoms. The largest absolute Gasteiger partial charge is 0.493 e. The van der Waals surface area contributed by atoms with Crippen molar-refractivity contribution in [1.82, 2.24) is 19.4 Å². The van der Waals surface area contributed by atoms with Crippen LogP contribution in [0.5, 0.6) is 23.0 Å². The molecule has 0 unspecified atom stereocenters. The molecule has 0 saturated carbocycles. The van der Waals surface area contributed by atoms with Crippen LogP contribution in [0.4, 0.5) is 0 Å². The number of thiophene rings is 1. The number of carbonyl (C=O) groups excluding carboxylic acids is 1. The van der Waals surface area contributed by atoms with Crippen LogP contribution in [-0.2, 0) is 0 Å². The van der Waals surface area contributed by atoms with E-state index in [-0.39, 0.29) is 0 Å². The lowest BCUT2D eigenvalue weighted by Crippen LogP contribution is -2.45. The van der Waals surface area contributed by atoms with Crippen molar-refractivity contribution in [2.75, 3.05) is 60.6 Å². The molecular formula is C29H34ClN5O5S. The molecule has 10 nitrogen and oxygen atoms in total. The van der Waals surface area contributed by atoms with E-state index >= 15 is 0 Å². The first-order valence-corrected chi connectivity index (χ1v) is 14.5. The van der Waals surface area contributed by atoms with Crippen LogP contribution < -0.4 is 24.7 Å². The second-order valence-electron chi connectivity index (χ2n) is 9.87. The van der Waals surface area contributed by atoms with E-state index in [0.29, 0.717) is 50.0 Å². The number of nitrogens with zero attached hydrogens (tertiary/aromatic N) is 4. The van der Waals surface area contributed by atoms with E-state index in [1.165, 1.54) is 11.3 Å². The molecule has 1 fully saturated rings. The van der Waals surface area contributed by atoms with Gasteiger partial charge in [0, 0.05) is 56.5 Å². The standard InChI is InChI=1S/C29H34ClN5O5S/c1-18(19-6-5-7-22(27(19)30)39-13-12-34-10-8-33(2)9-11-34)40-25-16-26(41-28(25)29(31)36)35-17-32-20-14-23(37-3)24(38-4)15-21(20)35/h5-7,14-18H,8-13H2,1-4H3,(H2,31,36)/t18-/m0/s1. The molecule has 1 amide bonds. The normalized spacial score (nSPS) is 15.1. The fourth-order valence-electron chi connectivity index (χ4n) is 4.81. The highest BCUT2D eigenvalue weighted by Crippen LogP contribution is 2.40. The Morgan fingerprint density at radius 1 is 1.07 bits per heavy atom. The summed E-state index contributed by atoms with van der Waals surface area (Å²) < 4.78 is 25.1. The molecule has 0 bridgehead atoms. The second kappa shape index (κ2) is 12.6. The number of carbonyl (C=O) groups is 1. The van der Waals surface area contributed by atoms with Gasteiger partial charge in [-0.1, -0.05) is 23.7 Å². The van der Waals surface area contributed by atoms with Gasteiger partial charge in [0.1, 0.15) is 40.4 Å². The van der Waals surface area contributed by atoms with E-state index in [9.17, 15) is 4.79 Å². The first-order chi connectivity index (χ1) is 19.8. The molecule has 2 N–H and O–H groups in total. The van der Waals surface area contributed by atoms with Crippen LogP contribution in [0.3, 0.4) is 0 Å². The fourth-order valence-corrected chi connectivity index (χ4v) is 6.08. The molecule has 1 aliphatic rings. The van der Waals surface area contributed by atoms with Gasteiger partial charge in [0.05, 0.1) is 30.3 Å². The SMILES string of the molecule is COc1cc2ncn(-c3cc(O[C@@H](C)c4cccc(OCCN5CCN(C)CC5)c4Cl)c(C(N)=O)s3)c2cc1OC. The van der Waals surface area contributed by atoms with Crippen LogP contribution in [-0.4, -0.2) is 85.9 Å². The highest BCUT2D eigenvalue weighted by atomic mass is 35.5. The number of amides is 1. The maximum atomic E-state index is 12.4. The molecule has 218 valence electrons. The molecule has 12 heteroatoms. The number of benzene rings is 2. The Labute approximate surface area is 248 Å². The van der Waals surface area contributed by atoms with Gasteiger partial charge >= 0.3 is 0 Å². The van der Waals surface area contributed by atoms with Crippen LogP contribution in [0, 0.1) is 0 Å². The van der Waals surface area contributed by atoms with Gasteiger partial charge in [0.25, 0.3) is 5.91 Å². The van der Waals surface area contributed by atoms with Gasteiger partial charge in [-0.2, -0.15) is 0 Å². The summed E-state index contributed by atoms with van der Waals surface area (Å²) in [5.41, 5.74) is 7.99. The van der Waals surface area contributed by atoms with Crippen molar-refractivity contribution in [3.05, 3.63) is 58.2 Å². The van der Waals surface area contributed by atoms with Gasteiger partial charge < -0.3 is 29.6 Å². The zero-order valence-corrected chi connectivity index (χ0v) is 25.1. The van der Waals surface area contributed by atoms with E-state index in [2.05, 4.69) is 21.8 Å². The number of fused-ring (bicyclic) bond motifs is 1. The van der Waals surface area contributed by atoms with E-state index in [0.717, 1.165) is 43.8 Å². The summed E-state index contributed by atoms with van der Waals surface area (Å²) >= 11 is 7.99. The first kappa shape index (κ1) is 29.0. The highest BCUT2D eigenvalue weighted by molar-refractivity contribution is 7.16. The number of nitrogens with two attached hydrogens (primary N) is 1. The Morgan fingerprint density at radius 3 is 2.51 bits per heavy atom. The van der Waals surface area contributed by atoms with Gasteiger partial charge in [-0.25, -0.2) is 4.98 Å². The Hall–Kier alpha value is -3.51. The molecular weight excluding hydrogens is 566 g/mol. The Kier molecular flexibility index (Phi) is 8.88. The number of likely N-dealkylation sites (N-methyl/N-ethyl adjacent to an activating group) is 1. The summed E-state index contributed by atoms with van der Waals surface area (Å²) in [7, 11) is 5.29. The lowest BCUT2D eigenvalue weighted by molar-refractivity contribution is 0.0998. The van der Waals surface area contributed by atoms with Crippen LogP contribution in [0.15, 0.2) is 42.7 Å². The maximum Gasteiger partial charge on any atom is 0.262 e. The number of aromatic nitrogens is 2. The predicted molar refractivity (Wildman–Crippen MR) is 160 cm³/mol. The average molecular weight is 600 g/mol. The molecule has 0 radical (unpaired) electrons. The third-order valence-corrected chi connectivity index (χ3v) is 8.73. The molecule has 41 heavy (non-hydrogen) atoms. The molecule has 1 aliphatic heterocycles. The number of ether oxygens (including phenoxy) is 4. The third kappa shape index (κ3) is 6.23. The molecule has 2 aromatic carbocycles. The van der Waals surface area contributed by atoms with Crippen molar-refractivity contribution in [3.8, 4) is 28.0 Å². The molecule has 1 atom stereocenters. The molecule has 0 aliphatic carbocycles. The van der Waals surface area contributed by atoms with Crippen molar-refractivity contribution in [1.29, 1.82) is 0 Å². The van der Waals surface area contributed by atoms with Gasteiger partial charge in [0.2, 0.25) is 0 Å². The van der Waals surface area contributed by atoms with Crippen molar-refractivity contribution >= 4 is 39.9 Å². The highest BCUT2D eigenvalue weighted by Gasteiger charge is 2.23. The number of hydrogen-bond acceptors (Lipinski definition) is 9. The number of rotatable bonds is 11. The number of imidazole rings is 1. The van der Waals surface area contributed by atoms with Crippen LogP contribution in [0.1, 0.15) is 28.3 Å². The lowest BCUT2D eigenvalue weighted by atomic mass is 10.1. The molecule has 3 heterocycles. The summed E-state index contributed by atoms with van der Waals surface area (Å²) in [6.45, 7) is 7.42. The maximum absolute atomic E-state index is 12.4. The fraction of sp³-hybridized carbons (Fsp3) is 0.379. The monoisotopic (exact) mass is 599 g/mol. The molecule has 4 aromatic rings. The first-order valence-electron chi connectivity index (χ1n) is 13.3. The van der Waals surface area contributed by atoms with Crippen LogP contribution >= 0.6 is 22.9 Å². The van der Waals surface area contributed by atoms with E-state index in [4.69, 9.17) is 36.3 Å². The van der Waals surface area contributed by atoms with E-state index in [1.807, 2.05) is 35.8 Å². The second-order valence-corrected chi connectivity index (χ2v) is 11.3. The molecule has 1 saturated heterocycles. The smallest absolute Gasteiger partial charge is 0.262 e. The lowest BCUT2D eigenvalue weighted by Gasteiger charge is -2.32. The summed E-state index contributed by atoms with van der Waals surface area (Å²) in [5, 5.41) is 1.19. The average Bonchev–Trinajstić information content (AvgIpc) is 3.57. The Balaban J connectivity index is 1.34. The number of hydrogen-bond donors (Lipinski definition) is 1. The zero-order valence-electron chi connectivity index (χ0n) is 23.6. The quantitative estimate of drug-likeness (QED) is 0.266. The third-order valence-electron chi connectivity index (χ3n) is 7.19. The van der Waals surface area contributed by atoms with Crippen LogP contribution in [0.25, 0.3) is 16.0 Å². The number of halogens is 1. The predicted octanol–water partition coefficient (Wildman–Crippen LogP) is 4.62. The van der Waals surface area contributed by atoms with Crippen molar-refractivity contribution in [3.63, 3.8) is 0 Å². The van der Waals surface area contributed by atoms with Crippen LogP contribution in [0.2, 0.25) is 5.02 Å². The molecule has 2 aromatic heterocycles. The summed E-state index contributed by atoms with van der Waals surface area (Å²) in [6.07, 6.45) is 1.20. The summed E-state index contributed by atoms with van der Waals surface area (Å²) in [6, 6.07) is 11.1. The Bertz CT molecular complexity index is 1530. The van der Waals surface area contributed by atoms with E-state index in [1.54, 1.807) is 32.7 Å². The number of primary amides is 1. The minimum Gasteiger partial charge on any atom is -0.493 e. The van der Waals surface area contributed by atoms with Gasteiger partial charge in [0.15, 0.2) is 11.5 Å². The van der Waals surface area contributed by atoms with E-state index < -0.39 is 12.0 Å². The van der Waals surface area contributed by atoms with Crippen molar-refractivity contribution in [2.24, 2.45) is 5.73 Å². The topological polar surface area (TPSA) is 104 Å².